The number of methoxy groups -OCH3 is 1. The van der Waals surface area contributed by atoms with Crippen molar-refractivity contribution in [1.29, 1.82) is 0 Å². The molecular weight excluding hydrogens is 426 g/mol. The van der Waals surface area contributed by atoms with Gasteiger partial charge in [-0.25, -0.2) is 0 Å². The van der Waals surface area contributed by atoms with Crippen LogP contribution in [0, 0.1) is 0 Å². The van der Waals surface area contributed by atoms with Gasteiger partial charge in [0.05, 0.1) is 25.1 Å². The van der Waals surface area contributed by atoms with Crippen molar-refractivity contribution in [3.63, 3.8) is 0 Å². The monoisotopic (exact) mass is 445 g/mol. The van der Waals surface area contributed by atoms with Gasteiger partial charge in [0.15, 0.2) is 11.0 Å². The third kappa shape index (κ3) is 5.52. The second kappa shape index (κ2) is 10.1. The Morgan fingerprint density at radius 3 is 2.60 bits per heavy atom. The van der Waals surface area contributed by atoms with E-state index in [0.29, 0.717) is 33.0 Å². The van der Waals surface area contributed by atoms with E-state index >= 15 is 0 Å². The molecule has 0 spiro atoms. The van der Waals surface area contributed by atoms with Gasteiger partial charge in [-0.1, -0.05) is 35.5 Å². The van der Waals surface area contributed by atoms with Gasteiger partial charge in [-0.3, -0.25) is 9.59 Å². The maximum absolute atomic E-state index is 12.3. The number of halogens is 1. The number of nitrogens with one attached hydrogen (secondary N) is 2. The SMILES string of the molecule is COc1ccccc1NC(=O)CSc1nnc(CNC(=O)c2ccc(Cl)cc2)n1C. The molecule has 2 aromatic carbocycles. The molecule has 156 valence electrons. The molecule has 0 atom stereocenters. The Kier molecular flexibility index (Phi) is 7.31. The summed E-state index contributed by atoms with van der Waals surface area (Å²) in [5, 5.41) is 14.9. The van der Waals surface area contributed by atoms with Gasteiger partial charge < -0.3 is 19.9 Å². The lowest BCUT2D eigenvalue weighted by molar-refractivity contribution is -0.113. The third-order valence-electron chi connectivity index (χ3n) is 4.15. The first-order chi connectivity index (χ1) is 14.5. The summed E-state index contributed by atoms with van der Waals surface area (Å²) in [6.45, 7) is 0.207. The van der Waals surface area contributed by atoms with Crippen LogP contribution >= 0.6 is 23.4 Å². The number of para-hydroxylation sites is 2. The molecule has 0 aliphatic heterocycles. The minimum atomic E-state index is -0.236. The highest BCUT2D eigenvalue weighted by Gasteiger charge is 2.14. The van der Waals surface area contributed by atoms with Gasteiger partial charge in [0.2, 0.25) is 5.91 Å². The summed E-state index contributed by atoms with van der Waals surface area (Å²) in [6.07, 6.45) is 0. The van der Waals surface area contributed by atoms with E-state index < -0.39 is 0 Å². The Labute approximate surface area is 183 Å². The highest BCUT2D eigenvalue weighted by molar-refractivity contribution is 7.99. The van der Waals surface area contributed by atoms with E-state index in [9.17, 15) is 9.59 Å². The van der Waals surface area contributed by atoms with Crippen LogP contribution in [-0.4, -0.2) is 39.4 Å². The molecule has 0 bridgehead atoms. The molecule has 1 aromatic heterocycles. The largest absolute Gasteiger partial charge is 0.495 e. The molecule has 3 aromatic rings. The summed E-state index contributed by atoms with van der Waals surface area (Å²) in [5.41, 5.74) is 1.11. The molecule has 0 radical (unpaired) electrons. The smallest absolute Gasteiger partial charge is 0.251 e. The number of benzene rings is 2. The van der Waals surface area contributed by atoms with Crippen molar-refractivity contribution >= 4 is 40.9 Å². The molecule has 2 N–H and O–H groups in total. The van der Waals surface area contributed by atoms with E-state index in [1.807, 2.05) is 12.1 Å². The van der Waals surface area contributed by atoms with E-state index in [-0.39, 0.29) is 24.1 Å². The van der Waals surface area contributed by atoms with E-state index in [2.05, 4.69) is 20.8 Å². The molecule has 30 heavy (non-hydrogen) atoms. The van der Waals surface area contributed by atoms with Crippen LogP contribution < -0.4 is 15.4 Å². The molecule has 2 amide bonds. The van der Waals surface area contributed by atoms with Crippen molar-refractivity contribution < 1.29 is 14.3 Å². The molecular formula is C20H20ClN5O3S. The molecule has 8 nitrogen and oxygen atoms in total. The minimum absolute atomic E-state index is 0.154. The predicted octanol–water partition coefficient (Wildman–Crippen LogP) is 3.14. The molecule has 0 fully saturated rings. The fourth-order valence-electron chi connectivity index (χ4n) is 2.55. The van der Waals surface area contributed by atoms with Crippen LogP contribution in [0.25, 0.3) is 0 Å². The zero-order valence-electron chi connectivity index (χ0n) is 16.4. The highest BCUT2D eigenvalue weighted by Crippen LogP contribution is 2.24. The lowest BCUT2D eigenvalue weighted by Gasteiger charge is -2.09. The number of hydrogen-bond acceptors (Lipinski definition) is 6. The van der Waals surface area contributed by atoms with Crippen molar-refractivity contribution in [2.24, 2.45) is 7.05 Å². The summed E-state index contributed by atoms with van der Waals surface area (Å²) in [4.78, 5) is 24.5. The first-order valence-electron chi connectivity index (χ1n) is 8.95. The van der Waals surface area contributed by atoms with Crippen LogP contribution in [0.1, 0.15) is 16.2 Å². The molecule has 1 heterocycles. The second-order valence-corrected chi connectivity index (χ2v) is 7.56. The highest BCUT2D eigenvalue weighted by atomic mass is 35.5. The van der Waals surface area contributed by atoms with Crippen LogP contribution in [0.3, 0.4) is 0 Å². The summed E-state index contributed by atoms with van der Waals surface area (Å²) < 4.78 is 6.97. The van der Waals surface area contributed by atoms with E-state index in [1.54, 1.807) is 55.1 Å². The van der Waals surface area contributed by atoms with Crippen molar-refractivity contribution in [2.45, 2.75) is 11.7 Å². The number of carbonyl (C=O) groups is 2. The molecule has 0 unspecified atom stereocenters. The van der Waals surface area contributed by atoms with Crippen molar-refractivity contribution in [3.8, 4) is 5.75 Å². The van der Waals surface area contributed by atoms with Gasteiger partial charge in [-0.2, -0.15) is 0 Å². The van der Waals surface area contributed by atoms with Gasteiger partial charge in [0.25, 0.3) is 5.91 Å². The van der Waals surface area contributed by atoms with Crippen LogP contribution in [0.2, 0.25) is 5.02 Å². The Balaban J connectivity index is 1.53. The number of thioether (sulfide) groups is 1. The molecule has 0 saturated carbocycles. The van der Waals surface area contributed by atoms with E-state index in [1.165, 1.54) is 11.8 Å². The normalized spacial score (nSPS) is 10.5. The number of hydrogen-bond donors (Lipinski definition) is 2. The van der Waals surface area contributed by atoms with E-state index in [0.717, 1.165) is 0 Å². The maximum atomic E-state index is 12.3. The zero-order valence-corrected chi connectivity index (χ0v) is 18.0. The van der Waals surface area contributed by atoms with Gasteiger partial charge in [-0.15, -0.1) is 10.2 Å². The number of aromatic nitrogens is 3. The van der Waals surface area contributed by atoms with Gasteiger partial charge in [0.1, 0.15) is 5.75 Å². The average molecular weight is 446 g/mol. The molecule has 0 aliphatic rings. The minimum Gasteiger partial charge on any atom is -0.495 e. The summed E-state index contributed by atoms with van der Waals surface area (Å²) >= 11 is 7.08. The van der Waals surface area contributed by atoms with Crippen molar-refractivity contribution in [2.75, 3.05) is 18.2 Å². The third-order valence-corrected chi connectivity index (χ3v) is 5.42. The topological polar surface area (TPSA) is 98.1 Å². The number of carbonyl (C=O) groups excluding carboxylic acids is 2. The molecule has 3 rings (SSSR count). The van der Waals surface area contributed by atoms with E-state index in [4.69, 9.17) is 16.3 Å². The Morgan fingerprint density at radius 1 is 1.13 bits per heavy atom. The zero-order chi connectivity index (χ0) is 21.5. The first kappa shape index (κ1) is 21.7. The van der Waals surface area contributed by atoms with Gasteiger partial charge >= 0.3 is 0 Å². The summed E-state index contributed by atoms with van der Waals surface area (Å²) in [7, 11) is 3.33. The van der Waals surface area contributed by atoms with Crippen LogP contribution in [0.5, 0.6) is 5.75 Å². The van der Waals surface area contributed by atoms with Crippen LogP contribution in [-0.2, 0) is 18.4 Å². The molecule has 10 heteroatoms. The number of rotatable bonds is 8. The standard InChI is InChI=1S/C20H20ClN5O3S/c1-26-17(11-22-19(28)13-7-9-14(21)10-8-13)24-25-20(26)30-12-18(27)23-15-5-3-4-6-16(15)29-2/h3-10H,11-12H2,1-2H3,(H,22,28)(H,23,27). The number of ether oxygens (including phenoxy) is 1. The number of nitrogens with zero attached hydrogens (tertiary/aromatic N) is 3. The maximum Gasteiger partial charge on any atom is 0.251 e. The van der Waals surface area contributed by atoms with Gasteiger partial charge in [-0.05, 0) is 36.4 Å². The van der Waals surface area contributed by atoms with Crippen molar-refractivity contribution in [3.05, 3.63) is 64.9 Å². The Morgan fingerprint density at radius 2 is 1.87 bits per heavy atom. The Bertz CT molecular complexity index is 1040. The quantitative estimate of drug-likeness (QED) is 0.517. The predicted molar refractivity (Wildman–Crippen MR) is 116 cm³/mol. The number of anilines is 1. The molecule has 0 aliphatic carbocycles. The fraction of sp³-hybridized carbons (Fsp3) is 0.200. The van der Waals surface area contributed by atoms with Crippen LogP contribution in [0.4, 0.5) is 5.69 Å². The first-order valence-corrected chi connectivity index (χ1v) is 10.3. The summed E-state index contributed by atoms with van der Waals surface area (Å²) in [6, 6.07) is 13.8. The van der Waals surface area contributed by atoms with Crippen molar-refractivity contribution in [1.82, 2.24) is 20.1 Å². The fourth-order valence-corrected chi connectivity index (χ4v) is 3.41. The number of amides is 2. The Hall–Kier alpha value is -3.04. The lowest BCUT2D eigenvalue weighted by atomic mass is 10.2. The average Bonchev–Trinajstić information content (AvgIpc) is 3.11. The summed E-state index contributed by atoms with van der Waals surface area (Å²) in [5.74, 6) is 0.893. The second-order valence-electron chi connectivity index (χ2n) is 6.18. The molecule has 0 saturated heterocycles. The van der Waals surface area contributed by atoms with Gasteiger partial charge in [0, 0.05) is 17.6 Å². The lowest BCUT2D eigenvalue weighted by Crippen LogP contribution is -2.24. The van der Waals surface area contributed by atoms with Crippen LogP contribution in [0.15, 0.2) is 53.7 Å².